The summed E-state index contributed by atoms with van der Waals surface area (Å²) in [7, 11) is 1.53. The average molecular weight is 263 g/mol. The monoisotopic (exact) mass is 262 g/mol. The van der Waals surface area contributed by atoms with Crippen molar-refractivity contribution in [3.63, 3.8) is 0 Å². The lowest BCUT2D eigenvalue weighted by molar-refractivity contribution is 0.112. The Morgan fingerprint density at radius 3 is 2.39 bits per heavy atom. The molecule has 0 spiro atoms. The molecule has 0 unspecified atom stereocenters. The van der Waals surface area contributed by atoms with Crippen LogP contribution in [-0.2, 0) is 0 Å². The number of aldehydes is 1. The molecule has 3 nitrogen and oxygen atoms in total. The number of hydrogen-bond donors (Lipinski definition) is 0. The first kappa shape index (κ1) is 12.5. The Hall–Kier alpha value is -2.00. The van der Waals surface area contributed by atoms with Crippen LogP contribution in [0.15, 0.2) is 42.5 Å². The van der Waals surface area contributed by atoms with Gasteiger partial charge in [-0.05, 0) is 42.5 Å². The molecular formula is C14H11ClO3. The van der Waals surface area contributed by atoms with Crippen LogP contribution >= 0.6 is 11.6 Å². The van der Waals surface area contributed by atoms with Crippen LogP contribution in [0.25, 0.3) is 0 Å². The molecule has 4 heteroatoms. The Kier molecular flexibility index (Phi) is 3.85. The molecule has 0 radical (unpaired) electrons. The van der Waals surface area contributed by atoms with E-state index in [1.807, 2.05) is 0 Å². The second kappa shape index (κ2) is 5.56. The van der Waals surface area contributed by atoms with Crippen molar-refractivity contribution in [1.82, 2.24) is 0 Å². The molecule has 0 fully saturated rings. The summed E-state index contributed by atoms with van der Waals surface area (Å²) in [6.45, 7) is 0. The zero-order valence-corrected chi connectivity index (χ0v) is 10.5. The van der Waals surface area contributed by atoms with Crippen molar-refractivity contribution in [3.05, 3.63) is 53.1 Å². The molecule has 0 heterocycles. The number of halogens is 1. The van der Waals surface area contributed by atoms with Crippen LogP contribution in [0.5, 0.6) is 17.2 Å². The SMILES string of the molecule is COc1cc(C=O)ccc1Oc1ccc(Cl)cc1. The molecule has 0 atom stereocenters. The average Bonchev–Trinajstić information content (AvgIpc) is 2.41. The predicted molar refractivity (Wildman–Crippen MR) is 69.9 cm³/mol. The van der Waals surface area contributed by atoms with Crippen molar-refractivity contribution in [2.24, 2.45) is 0 Å². The van der Waals surface area contributed by atoms with E-state index in [4.69, 9.17) is 21.1 Å². The summed E-state index contributed by atoms with van der Waals surface area (Å²) in [4.78, 5) is 10.7. The summed E-state index contributed by atoms with van der Waals surface area (Å²) in [6, 6.07) is 12.0. The van der Waals surface area contributed by atoms with Crippen LogP contribution in [0.2, 0.25) is 5.02 Å². The highest BCUT2D eigenvalue weighted by atomic mass is 35.5. The smallest absolute Gasteiger partial charge is 0.169 e. The molecule has 0 aliphatic carbocycles. The van der Waals surface area contributed by atoms with Crippen molar-refractivity contribution >= 4 is 17.9 Å². The molecule has 0 aliphatic heterocycles. The van der Waals surface area contributed by atoms with Crippen molar-refractivity contribution < 1.29 is 14.3 Å². The molecule has 2 rings (SSSR count). The number of methoxy groups -OCH3 is 1. The van der Waals surface area contributed by atoms with Gasteiger partial charge in [-0.2, -0.15) is 0 Å². The minimum atomic E-state index is 0.509. The van der Waals surface area contributed by atoms with E-state index in [1.165, 1.54) is 7.11 Å². The zero-order valence-electron chi connectivity index (χ0n) is 9.72. The summed E-state index contributed by atoms with van der Waals surface area (Å²) >= 11 is 5.79. The highest BCUT2D eigenvalue weighted by Crippen LogP contribution is 2.32. The third kappa shape index (κ3) is 2.81. The fraction of sp³-hybridized carbons (Fsp3) is 0.0714. The highest BCUT2D eigenvalue weighted by molar-refractivity contribution is 6.30. The van der Waals surface area contributed by atoms with E-state index in [1.54, 1.807) is 42.5 Å². The van der Waals surface area contributed by atoms with E-state index in [9.17, 15) is 4.79 Å². The summed E-state index contributed by atoms with van der Waals surface area (Å²) in [5.41, 5.74) is 0.537. The maximum atomic E-state index is 10.7. The molecule has 2 aromatic carbocycles. The molecule has 0 bridgehead atoms. The van der Waals surface area contributed by atoms with Crippen molar-refractivity contribution in [2.75, 3.05) is 7.11 Å². The van der Waals surface area contributed by atoms with Gasteiger partial charge in [0.25, 0.3) is 0 Å². The first-order valence-corrected chi connectivity index (χ1v) is 5.67. The van der Waals surface area contributed by atoms with E-state index in [-0.39, 0.29) is 0 Å². The van der Waals surface area contributed by atoms with Gasteiger partial charge in [-0.1, -0.05) is 11.6 Å². The van der Waals surface area contributed by atoms with Crippen LogP contribution in [0.1, 0.15) is 10.4 Å². The van der Waals surface area contributed by atoms with Gasteiger partial charge in [0.15, 0.2) is 11.5 Å². The Labute approximate surface area is 110 Å². The molecular weight excluding hydrogens is 252 g/mol. The molecule has 0 amide bonds. The molecule has 0 aliphatic rings. The van der Waals surface area contributed by atoms with E-state index < -0.39 is 0 Å². The van der Waals surface area contributed by atoms with Gasteiger partial charge < -0.3 is 9.47 Å². The maximum absolute atomic E-state index is 10.7. The van der Waals surface area contributed by atoms with E-state index in [2.05, 4.69) is 0 Å². The number of carbonyl (C=O) groups is 1. The minimum absolute atomic E-state index is 0.509. The quantitative estimate of drug-likeness (QED) is 0.783. The van der Waals surface area contributed by atoms with Crippen LogP contribution in [0.4, 0.5) is 0 Å². The molecule has 0 N–H and O–H groups in total. The Bertz CT molecular complexity index is 549. The fourth-order valence-electron chi connectivity index (χ4n) is 1.47. The molecule has 2 aromatic rings. The van der Waals surface area contributed by atoms with Crippen LogP contribution < -0.4 is 9.47 Å². The lowest BCUT2D eigenvalue weighted by atomic mass is 10.2. The molecule has 18 heavy (non-hydrogen) atoms. The minimum Gasteiger partial charge on any atom is -0.493 e. The number of carbonyl (C=O) groups excluding carboxylic acids is 1. The second-order valence-electron chi connectivity index (χ2n) is 3.58. The third-order valence-corrected chi connectivity index (χ3v) is 2.62. The second-order valence-corrected chi connectivity index (χ2v) is 4.02. The summed E-state index contributed by atoms with van der Waals surface area (Å²) < 4.78 is 10.8. The van der Waals surface area contributed by atoms with Gasteiger partial charge >= 0.3 is 0 Å². The van der Waals surface area contributed by atoms with E-state index in [0.717, 1.165) is 6.29 Å². The van der Waals surface area contributed by atoms with Crippen LogP contribution in [-0.4, -0.2) is 13.4 Å². The molecule has 92 valence electrons. The Morgan fingerprint density at radius 2 is 1.78 bits per heavy atom. The first-order chi connectivity index (χ1) is 8.72. The highest BCUT2D eigenvalue weighted by Gasteiger charge is 2.06. The van der Waals surface area contributed by atoms with Crippen molar-refractivity contribution in [1.29, 1.82) is 0 Å². The lowest BCUT2D eigenvalue weighted by Crippen LogP contribution is -1.92. The Morgan fingerprint density at radius 1 is 1.06 bits per heavy atom. The first-order valence-electron chi connectivity index (χ1n) is 5.29. The van der Waals surface area contributed by atoms with Gasteiger partial charge in [0.2, 0.25) is 0 Å². The Balaban J connectivity index is 2.28. The predicted octanol–water partition coefficient (Wildman–Crippen LogP) is 3.95. The van der Waals surface area contributed by atoms with Crippen LogP contribution in [0, 0.1) is 0 Å². The van der Waals surface area contributed by atoms with Gasteiger partial charge in [-0.3, -0.25) is 4.79 Å². The third-order valence-electron chi connectivity index (χ3n) is 2.37. The van der Waals surface area contributed by atoms with Gasteiger partial charge in [0, 0.05) is 10.6 Å². The summed E-state index contributed by atoms with van der Waals surface area (Å²) in [5.74, 6) is 1.71. The number of ether oxygens (including phenoxy) is 2. The van der Waals surface area contributed by atoms with Crippen molar-refractivity contribution in [3.8, 4) is 17.2 Å². The van der Waals surface area contributed by atoms with Crippen LogP contribution in [0.3, 0.4) is 0 Å². The maximum Gasteiger partial charge on any atom is 0.169 e. The number of hydrogen-bond acceptors (Lipinski definition) is 3. The van der Waals surface area contributed by atoms with Gasteiger partial charge in [-0.25, -0.2) is 0 Å². The number of rotatable bonds is 4. The summed E-state index contributed by atoms with van der Waals surface area (Å²) in [6.07, 6.45) is 0.759. The lowest BCUT2D eigenvalue weighted by Gasteiger charge is -2.10. The largest absolute Gasteiger partial charge is 0.493 e. The molecule has 0 saturated heterocycles. The number of benzene rings is 2. The summed E-state index contributed by atoms with van der Waals surface area (Å²) in [5, 5.41) is 0.644. The zero-order chi connectivity index (χ0) is 13.0. The van der Waals surface area contributed by atoms with Gasteiger partial charge in [0.1, 0.15) is 12.0 Å². The van der Waals surface area contributed by atoms with Crippen molar-refractivity contribution in [2.45, 2.75) is 0 Å². The molecule has 0 saturated carbocycles. The van der Waals surface area contributed by atoms with E-state index in [0.29, 0.717) is 27.8 Å². The topological polar surface area (TPSA) is 35.5 Å². The molecule has 0 aromatic heterocycles. The van der Waals surface area contributed by atoms with Gasteiger partial charge in [0.05, 0.1) is 7.11 Å². The normalized spacial score (nSPS) is 9.89. The fourth-order valence-corrected chi connectivity index (χ4v) is 1.60. The van der Waals surface area contributed by atoms with Gasteiger partial charge in [-0.15, -0.1) is 0 Å². The van der Waals surface area contributed by atoms with E-state index >= 15 is 0 Å². The standard InChI is InChI=1S/C14H11ClO3/c1-17-14-8-10(9-16)2-7-13(14)18-12-5-3-11(15)4-6-12/h2-9H,1H3.